The number of alkyl halides is 2. The summed E-state index contributed by atoms with van der Waals surface area (Å²) < 4.78 is 25.7. The summed E-state index contributed by atoms with van der Waals surface area (Å²) >= 11 is 0. The maximum atomic E-state index is 12.2. The summed E-state index contributed by atoms with van der Waals surface area (Å²) in [7, 11) is 0. The highest BCUT2D eigenvalue weighted by Gasteiger charge is 2.21. The minimum Gasteiger partial charge on any atom is -0.310 e. The Morgan fingerprint density at radius 3 is 2.93 bits per heavy atom. The molecule has 0 aromatic carbocycles. The molecule has 1 saturated carbocycles. The van der Waals surface area contributed by atoms with Gasteiger partial charge < -0.3 is 5.32 Å². The van der Waals surface area contributed by atoms with Crippen LogP contribution in [0.2, 0.25) is 0 Å². The summed E-state index contributed by atoms with van der Waals surface area (Å²) in [5, 5.41) is 7.29. The van der Waals surface area contributed by atoms with E-state index >= 15 is 0 Å². The zero-order valence-corrected chi connectivity index (χ0v) is 8.71. The van der Waals surface area contributed by atoms with Crippen LogP contribution in [0.4, 0.5) is 8.78 Å². The van der Waals surface area contributed by atoms with Gasteiger partial charge in [-0.3, -0.25) is 4.68 Å². The summed E-state index contributed by atoms with van der Waals surface area (Å²) in [4.78, 5) is 0. The molecule has 0 unspecified atom stereocenters. The van der Waals surface area contributed by atoms with Gasteiger partial charge in [0.2, 0.25) is 0 Å². The van der Waals surface area contributed by atoms with Crippen molar-refractivity contribution in [2.75, 3.05) is 0 Å². The van der Waals surface area contributed by atoms with Gasteiger partial charge in [-0.25, -0.2) is 8.78 Å². The molecule has 84 valence electrons. The van der Waals surface area contributed by atoms with E-state index in [1.54, 1.807) is 6.20 Å². The van der Waals surface area contributed by atoms with Gasteiger partial charge in [-0.05, 0) is 19.8 Å². The van der Waals surface area contributed by atoms with E-state index in [4.69, 9.17) is 0 Å². The van der Waals surface area contributed by atoms with Crippen molar-refractivity contribution >= 4 is 0 Å². The van der Waals surface area contributed by atoms with Crippen LogP contribution in [0.15, 0.2) is 6.20 Å². The van der Waals surface area contributed by atoms with Crippen molar-refractivity contribution in [3.05, 3.63) is 17.5 Å². The molecule has 1 fully saturated rings. The fourth-order valence-corrected chi connectivity index (χ4v) is 1.52. The van der Waals surface area contributed by atoms with Crippen LogP contribution in [0.25, 0.3) is 0 Å². The van der Waals surface area contributed by atoms with Crippen molar-refractivity contribution in [1.82, 2.24) is 15.1 Å². The van der Waals surface area contributed by atoms with E-state index in [0.29, 0.717) is 6.04 Å². The third-order valence-corrected chi connectivity index (χ3v) is 2.67. The first-order valence-electron chi connectivity index (χ1n) is 5.19. The average Bonchev–Trinajstić information content (AvgIpc) is 2.93. The van der Waals surface area contributed by atoms with Crippen LogP contribution in [-0.4, -0.2) is 22.2 Å². The second-order valence-electron chi connectivity index (χ2n) is 3.98. The Bertz CT molecular complexity index is 331. The van der Waals surface area contributed by atoms with Crippen LogP contribution in [0.3, 0.4) is 0 Å². The van der Waals surface area contributed by atoms with E-state index in [9.17, 15) is 8.78 Å². The average molecular weight is 215 g/mol. The molecule has 3 nitrogen and oxygen atoms in total. The van der Waals surface area contributed by atoms with Crippen molar-refractivity contribution in [3.63, 3.8) is 0 Å². The van der Waals surface area contributed by atoms with Crippen molar-refractivity contribution in [1.29, 1.82) is 0 Å². The zero-order valence-electron chi connectivity index (χ0n) is 8.71. The molecular weight excluding hydrogens is 200 g/mol. The first-order valence-corrected chi connectivity index (χ1v) is 5.19. The van der Waals surface area contributed by atoms with Crippen LogP contribution in [0.5, 0.6) is 0 Å². The largest absolute Gasteiger partial charge is 0.310 e. The lowest BCUT2D eigenvalue weighted by Crippen LogP contribution is -2.16. The lowest BCUT2D eigenvalue weighted by atomic mass is 10.2. The summed E-state index contributed by atoms with van der Waals surface area (Å²) in [5.41, 5.74) is 1.85. The topological polar surface area (TPSA) is 29.9 Å². The van der Waals surface area contributed by atoms with Gasteiger partial charge in [-0.2, -0.15) is 5.10 Å². The first-order chi connectivity index (χ1) is 7.16. The molecule has 1 aromatic rings. The van der Waals surface area contributed by atoms with Gasteiger partial charge in [-0.15, -0.1) is 0 Å². The molecule has 0 radical (unpaired) electrons. The molecule has 2 rings (SSSR count). The van der Waals surface area contributed by atoms with Crippen molar-refractivity contribution in [2.45, 2.75) is 45.3 Å². The molecule has 0 saturated heterocycles. The second kappa shape index (κ2) is 4.26. The molecule has 1 aliphatic rings. The molecule has 5 heteroatoms. The van der Waals surface area contributed by atoms with Gasteiger partial charge in [0.15, 0.2) is 0 Å². The van der Waals surface area contributed by atoms with E-state index in [-0.39, 0.29) is 6.54 Å². The maximum Gasteiger partial charge on any atom is 0.257 e. The fraction of sp³-hybridized carbons (Fsp3) is 0.700. The molecule has 1 heterocycles. The van der Waals surface area contributed by atoms with Crippen LogP contribution in [0.1, 0.15) is 24.1 Å². The highest BCUT2D eigenvalue weighted by Crippen LogP contribution is 2.19. The Labute approximate surface area is 87.5 Å². The molecule has 0 atom stereocenters. The van der Waals surface area contributed by atoms with Crippen LogP contribution in [-0.2, 0) is 13.1 Å². The van der Waals surface area contributed by atoms with Gasteiger partial charge in [0.25, 0.3) is 6.43 Å². The molecule has 1 aliphatic carbocycles. The van der Waals surface area contributed by atoms with Gasteiger partial charge in [0.05, 0.1) is 6.20 Å². The van der Waals surface area contributed by atoms with E-state index in [1.807, 2.05) is 6.92 Å². The number of rotatable bonds is 5. The molecule has 15 heavy (non-hydrogen) atoms. The number of nitrogens with one attached hydrogen (secondary N) is 1. The molecule has 0 spiro atoms. The second-order valence-corrected chi connectivity index (χ2v) is 3.98. The number of aromatic nitrogens is 2. The standard InChI is InChI=1S/C10H15F2N3/c1-7-8(4-13-9-2-3-9)5-14-15(7)6-10(11)12/h5,9-10,13H,2-4,6H2,1H3. The fourth-order valence-electron chi connectivity index (χ4n) is 1.52. The van der Waals surface area contributed by atoms with E-state index in [2.05, 4.69) is 10.4 Å². The molecular formula is C10H15F2N3. The number of hydrogen-bond acceptors (Lipinski definition) is 2. The monoisotopic (exact) mass is 215 g/mol. The highest BCUT2D eigenvalue weighted by molar-refractivity contribution is 5.16. The van der Waals surface area contributed by atoms with Crippen LogP contribution in [0, 0.1) is 6.92 Å². The summed E-state index contributed by atoms with van der Waals surface area (Å²) in [6.07, 6.45) is 1.79. The number of halogens is 2. The lowest BCUT2D eigenvalue weighted by molar-refractivity contribution is 0.121. The molecule has 0 amide bonds. The molecule has 1 aromatic heterocycles. The molecule has 0 bridgehead atoms. The zero-order chi connectivity index (χ0) is 10.8. The Balaban J connectivity index is 1.95. The van der Waals surface area contributed by atoms with Gasteiger partial charge in [-0.1, -0.05) is 0 Å². The minimum atomic E-state index is -2.34. The molecule has 1 N–H and O–H groups in total. The number of hydrogen-bond donors (Lipinski definition) is 1. The lowest BCUT2D eigenvalue weighted by Gasteiger charge is -2.05. The molecule has 0 aliphatic heterocycles. The third kappa shape index (κ3) is 2.75. The van der Waals surface area contributed by atoms with E-state index < -0.39 is 6.43 Å². The quantitative estimate of drug-likeness (QED) is 0.810. The Morgan fingerprint density at radius 2 is 2.33 bits per heavy atom. The predicted molar refractivity (Wildman–Crippen MR) is 52.8 cm³/mol. The normalized spacial score (nSPS) is 16.3. The Morgan fingerprint density at radius 1 is 1.60 bits per heavy atom. The maximum absolute atomic E-state index is 12.2. The number of nitrogens with zero attached hydrogens (tertiary/aromatic N) is 2. The van der Waals surface area contributed by atoms with E-state index in [1.165, 1.54) is 17.5 Å². The highest BCUT2D eigenvalue weighted by atomic mass is 19.3. The van der Waals surface area contributed by atoms with Crippen LogP contribution < -0.4 is 5.32 Å². The van der Waals surface area contributed by atoms with Crippen LogP contribution >= 0.6 is 0 Å². The predicted octanol–water partition coefficient (Wildman–Crippen LogP) is 1.71. The van der Waals surface area contributed by atoms with Crippen molar-refractivity contribution < 1.29 is 8.78 Å². The Hall–Kier alpha value is -0.970. The van der Waals surface area contributed by atoms with Gasteiger partial charge >= 0.3 is 0 Å². The van der Waals surface area contributed by atoms with Gasteiger partial charge in [0.1, 0.15) is 6.54 Å². The smallest absolute Gasteiger partial charge is 0.257 e. The Kier molecular flexibility index (Phi) is 3.00. The SMILES string of the molecule is Cc1c(CNC2CC2)cnn1CC(F)F. The third-order valence-electron chi connectivity index (χ3n) is 2.67. The van der Waals surface area contributed by atoms with E-state index in [0.717, 1.165) is 17.8 Å². The van der Waals surface area contributed by atoms with Gasteiger partial charge in [0, 0.05) is 23.8 Å². The summed E-state index contributed by atoms with van der Waals surface area (Å²) in [6.45, 7) is 2.26. The first kappa shape index (κ1) is 10.5. The minimum absolute atomic E-state index is 0.310. The van der Waals surface area contributed by atoms with Crippen molar-refractivity contribution in [3.8, 4) is 0 Å². The summed E-state index contributed by atoms with van der Waals surface area (Å²) in [5.74, 6) is 0. The van der Waals surface area contributed by atoms with Crippen molar-refractivity contribution in [2.24, 2.45) is 0 Å². The summed E-state index contributed by atoms with van der Waals surface area (Å²) in [6, 6.07) is 0.628.